The predicted molar refractivity (Wildman–Crippen MR) is 16.3 cm³/mol. The van der Waals surface area contributed by atoms with Crippen molar-refractivity contribution in [3.63, 3.8) is 0 Å². The minimum absolute atomic E-state index is 0.0556. The topological polar surface area (TPSA) is 32.8 Å². The van der Waals surface area contributed by atoms with Crippen molar-refractivity contribution in [2.45, 2.75) is 0 Å². The highest BCUT2D eigenvalue weighted by molar-refractivity contribution is 5.01. The van der Waals surface area contributed by atoms with Gasteiger partial charge in [-0.2, -0.15) is 0 Å². The summed E-state index contributed by atoms with van der Waals surface area (Å²) in [7, 11) is 0. The number of hydrogen-bond acceptors (Lipinski definition) is 2. The molecule has 1 N–H and O–H groups in total. The average Bonchev–Trinajstić information content (AvgIpc) is 2.12. The Morgan fingerprint density at radius 1 is 2.00 bits per heavy atom. The molecule has 0 spiro atoms. The minimum Gasteiger partial charge on any atom is -0.460 e. The van der Waals surface area contributed by atoms with Gasteiger partial charge >= 0.3 is 0 Å². The van der Waals surface area contributed by atoms with E-state index in [-0.39, 0.29) is 6.61 Å². The van der Waals surface area contributed by atoms with E-state index in [9.17, 15) is 0 Å². The first-order valence-electron chi connectivity index (χ1n) is 1.40. The van der Waals surface area contributed by atoms with Gasteiger partial charge in [-0.15, -0.1) is 0 Å². The van der Waals surface area contributed by atoms with Gasteiger partial charge in [-0.1, -0.05) is 0 Å². The monoisotopic (exact) mass is 72.0 g/mol. The van der Waals surface area contributed by atoms with Crippen molar-refractivity contribution in [3.05, 3.63) is 12.0 Å². The van der Waals surface area contributed by atoms with Crippen LogP contribution in [0.4, 0.5) is 0 Å². The second-order valence-electron chi connectivity index (χ2n) is 0.860. The quantitative estimate of drug-likeness (QED) is 0.467. The van der Waals surface area contributed by atoms with Crippen LogP contribution in [0.3, 0.4) is 0 Å². The van der Waals surface area contributed by atoms with E-state index in [4.69, 9.17) is 5.11 Å². The molecule has 1 rings (SSSR count). The molecular weight excluding hydrogens is 68.0 g/mol. The molecule has 2 heteroatoms. The molecule has 0 aromatic carbocycles. The normalized spacial score (nSPS) is 16.6. The van der Waals surface area contributed by atoms with Crippen molar-refractivity contribution < 1.29 is 9.84 Å². The van der Waals surface area contributed by atoms with Crippen molar-refractivity contribution in [2.75, 3.05) is 6.61 Å². The standard InChI is InChI=1S/C3H4O2/c4-1-3-2-5-3/h2,4H,1H2. The van der Waals surface area contributed by atoms with Crippen molar-refractivity contribution in [1.82, 2.24) is 0 Å². The lowest BCUT2D eigenvalue weighted by molar-refractivity contribution is 0.297. The van der Waals surface area contributed by atoms with Crippen LogP contribution in [0, 0.1) is 0 Å². The van der Waals surface area contributed by atoms with E-state index in [2.05, 4.69) is 4.74 Å². The predicted octanol–water partition coefficient (Wildman–Crippen LogP) is -0.150. The van der Waals surface area contributed by atoms with E-state index >= 15 is 0 Å². The van der Waals surface area contributed by atoms with Gasteiger partial charge in [0.1, 0.15) is 12.9 Å². The summed E-state index contributed by atoms with van der Waals surface area (Å²) in [5, 5.41) is 8.01. The number of aliphatic hydroxyl groups is 1. The summed E-state index contributed by atoms with van der Waals surface area (Å²) >= 11 is 0. The summed E-state index contributed by atoms with van der Waals surface area (Å²) < 4.78 is 4.40. The summed E-state index contributed by atoms with van der Waals surface area (Å²) in [4.78, 5) is 0. The fourth-order valence-electron chi connectivity index (χ4n) is 0.116. The molecule has 0 aliphatic carbocycles. The molecule has 28 valence electrons. The third kappa shape index (κ3) is 0.389. The molecule has 0 bridgehead atoms. The van der Waals surface area contributed by atoms with E-state index in [0.717, 1.165) is 0 Å². The summed E-state index contributed by atoms with van der Waals surface area (Å²) in [6.45, 7) is 0.0556. The first-order chi connectivity index (χ1) is 2.43. The van der Waals surface area contributed by atoms with Crippen LogP contribution in [0.1, 0.15) is 0 Å². The van der Waals surface area contributed by atoms with Gasteiger partial charge in [-0.05, 0) is 0 Å². The highest BCUT2D eigenvalue weighted by Crippen LogP contribution is 2.09. The molecule has 2 nitrogen and oxygen atoms in total. The zero-order valence-electron chi connectivity index (χ0n) is 2.64. The molecular formula is C3H4O2. The first kappa shape index (κ1) is 2.72. The van der Waals surface area contributed by atoms with E-state index in [1.807, 2.05) is 0 Å². The Balaban J connectivity index is 2.22. The lowest BCUT2D eigenvalue weighted by Gasteiger charge is -1.67. The molecule has 0 unspecified atom stereocenters. The van der Waals surface area contributed by atoms with Crippen LogP contribution in [0.15, 0.2) is 12.0 Å². The van der Waals surface area contributed by atoms with Crippen molar-refractivity contribution in [1.29, 1.82) is 0 Å². The van der Waals surface area contributed by atoms with Crippen molar-refractivity contribution >= 4 is 0 Å². The molecule has 0 fully saturated rings. The third-order valence-electron chi connectivity index (χ3n) is 0.440. The fraction of sp³-hybridized carbons (Fsp3) is 0.333. The van der Waals surface area contributed by atoms with E-state index in [1.165, 1.54) is 6.26 Å². The van der Waals surface area contributed by atoms with Crippen LogP contribution in [-0.4, -0.2) is 11.7 Å². The Hall–Kier alpha value is -0.500. The lowest BCUT2D eigenvalue weighted by atomic mass is 10.7. The molecule has 5 heavy (non-hydrogen) atoms. The molecule has 0 aromatic heterocycles. The Bertz CT molecular complexity index is 65.3. The second-order valence-corrected chi connectivity index (χ2v) is 0.860. The van der Waals surface area contributed by atoms with E-state index < -0.39 is 0 Å². The van der Waals surface area contributed by atoms with Crippen LogP contribution in [0.5, 0.6) is 0 Å². The van der Waals surface area contributed by atoms with Crippen LogP contribution >= 0.6 is 0 Å². The second kappa shape index (κ2) is 0.723. The molecule has 1 heterocycles. The largest absolute Gasteiger partial charge is 0.460 e. The zero-order chi connectivity index (χ0) is 3.70. The first-order valence-corrected chi connectivity index (χ1v) is 1.40. The average molecular weight is 72.1 g/mol. The molecule has 1 aliphatic rings. The number of rotatable bonds is 1. The molecule has 0 amide bonds. The van der Waals surface area contributed by atoms with Crippen molar-refractivity contribution in [2.24, 2.45) is 0 Å². The molecule has 0 saturated heterocycles. The number of hydrogen-bond donors (Lipinski definition) is 1. The smallest absolute Gasteiger partial charge is 0.164 e. The van der Waals surface area contributed by atoms with Gasteiger partial charge < -0.3 is 9.84 Å². The number of ether oxygens (including phenoxy) is 1. The maximum atomic E-state index is 8.01. The van der Waals surface area contributed by atoms with E-state index in [1.54, 1.807) is 0 Å². The van der Waals surface area contributed by atoms with Gasteiger partial charge in [-0.25, -0.2) is 0 Å². The molecule has 0 atom stereocenters. The van der Waals surface area contributed by atoms with Gasteiger partial charge in [0.25, 0.3) is 0 Å². The minimum atomic E-state index is 0.0556. The van der Waals surface area contributed by atoms with Gasteiger partial charge in [-0.3, -0.25) is 0 Å². The Kier molecular flexibility index (Phi) is 0.394. The highest BCUT2D eigenvalue weighted by atomic mass is 16.5. The Labute approximate surface area is 29.7 Å². The zero-order valence-corrected chi connectivity index (χ0v) is 2.64. The Morgan fingerprint density at radius 2 is 2.60 bits per heavy atom. The third-order valence-corrected chi connectivity index (χ3v) is 0.440. The summed E-state index contributed by atoms with van der Waals surface area (Å²) in [5.41, 5.74) is 0. The SMILES string of the molecule is OCC1=CO1. The summed E-state index contributed by atoms with van der Waals surface area (Å²) in [5.74, 6) is 0.685. The fourth-order valence-corrected chi connectivity index (χ4v) is 0.116. The van der Waals surface area contributed by atoms with Crippen molar-refractivity contribution in [3.8, 4) is 0 Å². The molecule has 0 aromatic rings. The lowest BCUT2D eigenvalue weighted by Crippen LogP contribution is -1.71. The van der Waals surface area contributed by atoms with Gasteiger partial charge in [0, 0.05) is 0 Å². The highest BCUT2D eigenvalue weighted by Gasteiger charge is 2.04. The summed E-state index contributed by atoms with van der Waals surface area (Å²) in [6.07, 6.45) is 1.51. The van der Waals surface area contributed by atoms with Gasteiger partial charge in [0.05, 0.1) is 0 Å². The Morgan fingerprint density at radius 3 is 2.60 bits per heavy atom. The van der Waals surface area contributed by atoms with Crippen LogP contribution in [0.25, 0.3) is 0 Å². The van der Waals surface area contributed by atoms with E-state index in [0.29, 0.717) is 5.76 Å². The maximum absolute atomic E-state index is 8.01. The molecule has 0 radical (unpaired) electrons. The summed E-state index contributed by atoms with van der Waals surface area (Å²) in [6, 6.07) is 0. The van der Waals surface area contributed by atoms with Crippen LogP contribution in [-0.2, 0) is 4.74 Å². The maximum Gasteiger partial charge on any atom is 0.164 e. The molecule has 1 aliphatic heterocycles. The van der Waals surface area contributed by atoms with Crippen LogP contribution < -0.4 is 0 Å². The van der Waals surface area contributed by atoms with Crippen LogP contribution in [0.2, 0.25) is 0 Å². The van der Waals surface area contributed by atoms with Gasteiger partial charge in [0.15, 0.2) is 5.76 Å². The molecule has 0 saturated carbocycles. The van der Waals surface area contributed by atoms with Gasteiger partial charge in [0.2, 0.25) is 0 Å². The number of aliphatic hydroxyl groups excluding tert-OH is 1.